The van der Waals surface area contributed by atoms with Gasteiger partial charge in [0.15, 0.2) is 11.5 Å². The Morgan fingerprint density at radius 1 is 1.44 bits per heavy atom. The van der Waals surface area contributed by atoms with E-state index in [1.54, 1.807) is 13.4 Å². The molecule has 0 amide bonds. The van der Waals surface area contributed by atoms with Crippen molar-refractivity contribution in [1.82, 2.24) is 19.5 Å². The minimum atomic E-state index is -0.0514. The lowest BCUT2D eigenvalue weighted by molar-refractivity contribution is -0.0300. The fourth-order valence-electron chi connectivity index (χ4n) is 2.28. The maximum Gasteiger partial charge on any atom is 0.167 e. The van der Waals surface area contributed by atoms with E-state index in [0.29, 0.717) is 23.6 Å². The van der Waals surface area contributed by atoms with Crippen LogP contribution in [0.25, 0.3) is 11.2 Å². The number of methoxy groups -OCH3 is 1. The summed E-state index contributed by atoms with van der Waals surface area (Å²) in [5.74, 6) is 0.394. The third-order valence-electron chi connectivity index (χ3n) is 3.14. The second-order valence-corrected chi connectivity index (χ2v) is 4.33. The molecule has 0 spiro atoms. The summed E-state index contributed by atoms with van der Waals surface area (Å²) in [4.78, 5) is 12.4. The van der Waals surface area contributed by atoms with E-state index in [0.717, 1.165) is 12.8 Å². The van der Waals surface area contributed by atoms with Crippen LogP contribution in [0.3, 0.4) is 0 Å². The molecule has 7 heteroatoms. The van der Waals surface area contributed by atoms with Crippen LogP contribution >= 0.6 is 0 Å². The first-order chi connectivity index (χ1) is 8.79. The molecule has 96 valence electrons. The molecule has 0 unspecified atom stereocenters. The minimum absolute atomic E-state index is 0.0514. The zero-order valence-electron chi connectivity index (χ0n) is 10.1. The smallest absolute Gasteiger partial charge is 0.167 e. The topological polar surface area (TPSA) is 88.1 Å². The normalized spacial score (nSPS) is 23.8. The number of nitrogens with zero attached hydrogens (tertiary/aromatic N) is 4. The van der Waals surface area contributed by atoms with Crippen LogP contribution in [-0.2, 0) is 9.47 Å². The van der Waals surface area contributed by atoms with Crippen molar-refractivity contribution in [3.63, 3.8) is 0 Å². The summed E-state index contributed by atoms with van der Waals surface area (Å²) in [5.41, 5.74) is 7.09. The second-order valence-electron chi connectivity index (χ2n) is 4.33. The van der Waals surface area contributed by atoms with Crippen molar-refractivity contribution >= 4 is 17.0 Å². The van der Waals surface area contributed by atoms with E-state index in [-0.39, 0.29) is 12.3 Å². The monoisotopic (exact) mass is 249 g/mol. The maximum absolute atomic E-state index is 5.89. The van der Waals surface area contributed by atoms with Crippen molar-refractivity contribution in [3.05, 3.63) is 12.7 Å². The van der Waals surface area contributed by atoms with Gasteiger partial charge >= 0.3 is 0 Å². The number of nitrogen functional groups attached to an aromatic ring is 1. The Labute approximate surface area is 104 Å². The van der Waals surface area contributed by atoms with Gasteiger partial charge in [-0.3, -0.25) is 4.57 Å². The number of fused-ring (bicyclic) bond motifs is 1. The molecule has 18 heavy (non-hydrogen) atoms. The molecule has 0 bridgehead atoms. The van der Waals surface area contributed by atoms with Gasteiger partial charge in [0.25, 0.3) is 0 Å². The van der Waals surface area contributed by atoms with Crippen molar-refractivity contribution < 1.29 is 9.47 Å². The molecule has 3 heterocycles. The SMILES string of the molecule is COC[C@@H]1CC[C@@H](n2cnc3c(N)ncnc32)O1. The lowest BCUT2D eigenvalue weighted by Gasteiger charge is -2.14. The molecule has 1 aliphatic rings. The Balaban J connectivity index is 1.89. The van der Waals surface area contributed by atoms with Crippen molar-refractivity contribution in [1.29, 1.82) is 0 Å². The largest absolute Gasteiger partial charge is 0.382 e. The maximum atomic E-state index is 5.89. The average molecular weight is 249 g/mol. The van der Waals surface area contributed by atoms with Gasteiger partial charge < -0.3 is 15.2 Å². The molecular formula is C11H15N5O2. The fourth-order valence-corrected chi connectivity index (χ4v) is 2.28. The first-order valence-electron chi connectivity index (χ1n) is 5.87. The lowest BCUT2D eigenvalue weighted by Crippen LogP contribution is -2.15. The molecule has 2 atom stereocenters. The Hall–Kier alpha value is -1.73. The number of aromatic nitrogens is 4. The first kappa shape index (κ1) is 11.4. The van der Waals surface area contributed by atoms with E-state index in [4.69, 9.17) is 15.2 Å². The number of nitrogens with two attached hydrogens (primary N) is 1. The molecule has 0 aromatic carbocycles. The Morgan fingerprint density at radius 3 is 3.17 bits per heavy atom. The molecule has 2 aromatic rings. The van der Waals surface area contributed by atoms with Gasteiger partial charge in [-0.05, 0) is 12.8 Å². The molecule has 7 nitrogen and oxygen atoms in total. The van der Waals surface area contributed by atoms with E-state index < -0.39 is 0 Å². The summed E-state index contributed by atoms with van der Waals surface area (Å²) in [6.45, 7) is 0.611. The van der Waals surface area contributed by atoms with Crippen molar-refractivity contribution in [3.8, 4) is 0 Å². The molecule has 3 rings (SSSR count). The third-order valence-corrected chi connectivity index (χ3v) is 3.14. The van der Waals surface area contributed by atoms with Crippen LogP contribution in [0.1, 0.15) is 19.1 Å². The fraction of sp³-hybridized carbons (Fsp3) is 0.545. The van der Waals surface area contributed by atoms with Crippen molar-refractivity contribution in [2.45, 2.75) is 25.2 Å². The number of ether oxygens (including phenoxy) is 2. The van der Waals surface area contributed by atoms with Gasteiger partial charge in [-0.15, -0.1) is 0 Å². The van der Waals surface area contributed by atoms with Crippen LogP contribution in [-0.4, -0.2) is 39.3 Å². The Kier molecular flexibility index (Phi) is 2.85. The summed E-state index contributed by atoms with van der Waals surface area (Å²) in [6, 6.07) is 0. The summed E-state index contributed by atoms with van der Waals surface area (Å²) in [5, 5.41) is 0. The first-order valence-corrected chi connectivity index (χ1v) is 5.87. The number of imidazole rings is 1. The highest BCUT2D eigenvalue weighted by Gasteiger charge is 2.28. The Bertz CT molecular complexity index is 555. The lowest BCUT2D eigenvalue weighted by atomic mass is 10.2. The number of anilines is 1. The summed E-state index contributed by atoms with van der Waals surface area (Å²) < 4.78 is 12.9. The molecule has 1 fully saturated rings. The van der Waals surface area contributed by atoms with Gasteiger partial charge in [0.05, 0.1) is 19.0 Å². The summed E-state index contributed by atoms with van der Waals surface area (Å²) in [6.07, 6.45) is 5.12. The highest BCUT2D eigenvalue weighted by atomic mass is 16.5. The average Bonchev–Trinajstić information content (AvgIpc) is 2.96. The van der Waals surface area contributed by atoms with Crippen molar-refractivity contribution in [2.75, 3.05) is 19.5 Å². The molecule has 2 N–H and O–H groups in total. The van der Waals surface area contributed by atoms with Gasteiger partial charge in [-0.1, -0.05) is 0 Å². The molecule has 1 aliphatic heterocycles. The van der Waals surface area contributed by atoms with Gasteiger partial charge in [0.2, 0.25) is 0 Å². The van der Waals surface area contributed by atoms with Crippen molar-refractivity contribution in [2.24, 2.45) is 0 Å². The Morgan fingerprint density at radius 2 is 2.33 bits per heavy atom. The van der Waals surface area contributed by atoms with E-state index in [9.17, 15) is 0 Å². The minimum Gasteiger partial charge on any atom is -0.382 e. The van der Waals surface area contributed by atoms with Gasteiger partial charge in [-0.2, -0.15) is 0 Å². The van der Waals surface area contributed by atoms with Crippen LogP contribution in [0.2, 0.25) is 0 Å². The van der Waals surface area contributed by atoms with Crippen LogP contribution in [0, 0.1) is 0 Å². The van der Waals surface area contributed by atoms with Gasteiger partial charge in [-0.25, -0.2) is 15.0 Å². The van der Waals surface area contributed by atoms with Crippen LogP contribution in [0.5, 0.6) is 0 Å². The zero-order valence-corrected chi connectivity index (χ0v) is 10.1. The third kappa shape index (κ3) is 1.81. The molecule has 1 saturated heterocycles. The zero-order chi connectivity index (χ0) is 12.5. The summed E-state index contributed by atoms with van der Waals surface area (Å²) in [7, 11) is 1.68. The quantitative estimate of drug-likeness (QED) is 0.862. The van der Waals surface area contributed by atoms with E-state index in [1.807, 2.05) is 4.57 Å². The highest BCUT2D eigenvalue weighted by Crippen LogP contribution is 2.30. The van der Waals surface area contributed by atoms with E-state index in [1.165, 1.54) is 6.33 Å². The molecule has 2 aromatic heterocycles. The van der Waals surface area contributed by atoms with E-state index in [2.05, 4.69) is 15.0 Å². The molecular weight excluding hydrogens is 234 g/mol. The highest BCUT2D eigenvalue weighted by molar-refractivity contribution is 5.81. The van der Waals surface area contributed by atoms with Gasteiger partial charge in [0, 0.05) is 7.11 Å². The predicted octanol–water partition coefficient (Wildman–Crippen LogP) is 0.732. The van der Waals surface area contributed by atoms with Crippen LogP contribution in [0.4, 0.5) is 5.82 Å². The van der Waals surface area contributed by atoms with E-state index >= 15 is 0 Å². The number of hydrogen-bond acceptors (Lipinski definition) is 6. The number of hydrogen-bond donors (Lipinski definition) is 1. The molecule has 0 radical (unpaired) electrons. The second kappa shape index (κ2) is 4.51. The van der Waals surface area contributed by atoms with Gasteiger partial charge in [0.1, 0.15) is 18.1 Å². The summed E-state index contributed by atoms with van der Waals surface area (Å²) >= 11 is 0. The van der Waals surface area contributed by atoms with Crippen LogP contribution < -0.4 is 5.73 Å². The molecule has 0 aliphatic carbocycles. The van der Waals surface area contributed by atoms with Crippen LogP contribution in [0.15, 0.2) is 12.7 Å². The predicted molar refractivity (Wildman–Crippen MR) is 64.8 cm³/mol. The standard InChI is InChI=1S/C11H15N5O2/c1-17-4-7-2-3-8(18-7)16-6-15-9-10(12)13-5-14-11(9)16/h5-8H,2-4H2,1H3,(H2,12,13,14)/t7-,8-/m0/s1. The number of rotatable bonds is 3. The molecule has 0 saturated carbocycles.